The number of ether oxygens (including phenoxy) is 8. The third-order valence-corrected chi connectivity index (χ3v) is 6.95. The van der Waals surface area contributed by atoms with E-state index in [4.69, 9.17) is 37.9 Å². The van der Waals surface area contributed by atoms with Gasteiger partial charge in [-0.05, 0) is 42.3 Å². The van der Waals surface area contributed by atoms with Crippen molar-refractivity contribution in [1.29, 1.82) is 0 Å². The number of benzene rings is 2. The molecule has 0 bridgehead atoms. The highest BCUT2D eigenvalue weighted by atomic mass is 16.7. The molecular formula is C33H39NO11. The highest BCUT2D eigenvalue weighted by Crippen LogP contribution is 2.38. The molecule has 2 atom stereocenters. The van der Waals surface area contributed by atoms with Crippen LogP contribution in [0.4, 0.5) is 0 Å². The van der Waals surface area contributed by atoms with E-state index < -0.39 is 42.5 Å². The summed E-state index contributed by atoms with van der Waals surface area (Å²) in [5.74, 6) is -0.577. The van der Waals surface area contributed by atoms with Crippen LogP contribution in [0.5, 0.6) is 34.5 Å². The van der Waals surface area contributed by atoms with Crippen molar-refractivity contribution in [1.82, 2.24) is 4.98 Å². The molecule has 1 heterocycles. The Bertz CT molecular complexity index is 1390. The van der Waals surface area contributed by atoms with Crippen LogP contribution in [0, 0.1) is 5.92 Å². The normalized spacial score (nSPS) is 12.0. The van der Waals surface area contributed by atoms with E-state index in [0.717, 1.165) is 11.1 Å². The zero-order valence-corrected chi connectivity index (χ0v) is 26.7. The van der Waals surface area contributed by atoms with Crippen LogP contribution in [-0.4, -0.2) is 71.2 Å². The third-order valence-electron chi connectivity index (χ3n) is 6.95. The average molecular weight is 626 g/mol. The molecule has 3 rings (SSSR count). The number of pyridine rings is 1. The van der Waals surface area contributed by atoms with Crippen LogP contribution in [-0.2, 0) is 19.1 Å². The fourth-order valence-corrected chi connectivity index (χ4v) is 4.68. The SMILES string of the molecule is COc1cc(OC)cc(C(c2cc(OC)cc(OC)c2)[C@H](C)OC(=O)[C@H](C)CC(=O)c2nccc(OC)c2OCOC(C)=O)c1. The van der Waals surface area contributed by atoms with Gasteiger partial charge in [-0.2, -0.15) is 0 Å². The Kier molecular flexibility index (Phi) is 12.4. The van der Waals surface area contributed by atoms with Crippen molar-refractivity contribution in [2.45, 2.75) is 39.2 Å². The zero-order chi connectivity index (χ0) is 33.1. The van der Waals surface area contributed by atoms with E-state index >= 15 is 0 Å². The van der Waals surface area contributed by atoms with E-state index in [0.29, 0.717) is 23.0 Å². The molecule has 0 N–H and O–H groups in total. The van der Waals surface area contributed by atoms with Crippen LogP contribution in [0.2, 0.25) is 0 Å². The quantitative estimate of drug-likeness (QED) is 0.120. The Labute approximate surface area is 262 Å². The first-order valence-corrected chi connectivity index (χ1v) is 14.0. The number of Topliss-reactive ketones (excluding diaryl/α,β-unsaturated/α-hetero) is 1. The number of hydrogen-bond acceptors (Lipinski definition) is 12. The van der Waals surface area contributed by atoms with Gasteiger partial charge in [0.25, 0.3) is 0 Å². The summed E-state index contributed by atoms with van der Waals surface area (Å²) in [6.45, 7) is 4.13. The summed E-state index contributed by atoms with van der Waals surface area (Å²) in [5, 5.41) is 0. The molecule has 45 heavy (non-hydrogen) atoms. The number of hydrogen-bond donors (Lipinski definition) is 0. The van der Waals surface area contributed by atoms with E-state index in [-0.39, 0.29) is 23.6 Å². The molecule has 0 aliphatic carbocycles. The summed E-state index contributed by atoms with van der Waals surface area (Å²) < 4.78 is 43.6. The van der Waals surface area contributed by atoms with Crippen molar-refractivity contribution in [3.63, 3.8) is 0 Å². The molecule has 0 fully saturated rings. The lowest BCUT2D eigenvalue weighted by Gasteiger charge is -2.27. The summed E-state index contributed by atoms with van der Waals surface area (Å²) in [6.07, 6.45) is 0.423. The maximum absolute atomic E-state index is 13.4. The minimum Gasteiger partial charge on any atom is -0.497 e. The zero-order valence-electron chi connectivity index (χ0n) is 26.7. The molecule has 3 aromatic rings. The van der Waals surface area contributed by atoms with Crippen LogP contribution in [0.1, 0.15) is 54.7 Å². The number of carbonyl (C=O) groups is 3. The summed E-state index contributed by atoms with van der Waals surface area (Å²) >= 11 is 0. The van der Waals surface area contributed by atoms with Crippen LogP contribution >= 0.6 is 0 Å². The van der Waals surface area contributed by atoms with Crippen molar-refractivity contribution < 1.29 is 52.3 Å². The van der Waals surface area contributed by atoms with Gasteiger partial charge in [0.2, 0.25) is 6.79 Å². The molecule has 0 saturated heterocycles. The monoisotopic (exact) mass is 625 g/mol. The molecule has 0 aliphatic heterocycles. The molecular weight excluding hydrogens is 586 g/mol. The highest BCUT2D eigenvalue weighted by Gasteiger charge is 2.30. The van der Waals surface area contributed by atoms with Gasteiger partial charge >= 0.3 is 11.9 Å². The van der Waals surface area contributed by atoms with Gasteiger partial charge in [0, 0.05) is 43.7 Å². The maximum Gasteiger partial charge on any atom is 0.309 e. The van der Waals surface area contributed by atoms with Crippen LogP contribution < -0.4 is 28.4 Å². The number of aromatic nitrogens is 1. The van der Waals surface area contributed by atoms with Gasteiger partial charge in [0.05, 0.1) is 41.5 Å². The smallest absolute Gasteiger partial charge is 0.309 e. The second kappa shape index (κ2) is 16.2. The Morgan fingerprint density at radius 1 is 0.756 bits per heavy atom. The number of esters is 2. The Morgan fingerprint density at radius 3 is 1.71 bits per heavy atom. The van der Waals surface area contributed by atoms with E-state index in [9.17, 15) is 14.4 Å². The number of carbonyl (C=O) groups excluding carboxylic acids is 3. The summed E-state index contributed by atoms with van der Waals surface area (Å²) in [5.41, 5.74) is 1.43. The first-order valence-electron chi connectivity index (χ1n) is 14.0. The number of nitrogens with zero attached hydrogens (tertiary/aromatic N) is 1. The second-order valence-corrected chi connectivity index (χ2v) is 10.0. The minimum atomic E-state index is -0.852. The lowest BCUT2D eigenvalue weighted by atomic mass is 9.86. The number of rotatable bonds is 16. The fourth-order valence-electron chi connectivity index (χ4n) is 4.68. The molecule has 0 amide bonds. The van der Waals surface area contributed by atoms with E-state index in [1.807, 2.05) is 24.3 Å². The molecule has 12 nitrogen and oxygen atoms in total. The van der Waals surface area contributed by atoms with Gasteiger partial charge in [-0.15, -0.1) is 0 Å². The molecule has 0 saturated carbocycles. The largest absolute Gasteiger partial charge is 0.497 e. The van der Waals surface area contributed by atoms with Gasteiger partial charge in [0.15, 0.2) is 23.0 Å². The van der Waals surface area contributed by atoms with Crippen molar-refractivity contribution in [3.8, 4) is 34.5 Å². The molecule has 0 radical (unpaired) electrons. The van der Waals surface area contributed by atoms with Crippen molar-refractivity contribution >= 4 is 17.7 Å². The van der Waals surface area contributed by atoms with Gasteiger partial charge in [-0.1, -0.05) is 6.92 Å². The Hall–Kier alpha value is -5.00. The Morgan fingerprint density at radius 2 is 1.27 bits per heavy atom. The van der Waals surface area contributed by atoms with Crippen LogP contribution in [0.25, 0.3) is 0 Å². The van der Waals surface area contributed by atoms with Crippen LogP contribution in [0.15, 0.2) is 48.7 Å². The predicted octanol–water partition coefficient (Wildman–Crippen LogP) is 5.00. The van der Waals surface area contributed by atoms with Gasteiger partial charge in [0.1, 0.15) is 29.1 Å². The molecule has 0 spiro atoms. The van der Waals surface area contributed by atoms with E-state index in [1.165, 1.54) is 26.3 Å². The first kappa shape index (κ1) is 34.5. The van der Waals surface area contributed by atoms with Gasteiger partial charge < -0.3 is 37.9 Å². The molecule has 2 aromatic carbocycles. The van der Waals surface area contributed by atoms with Gasteiger partial charge in [-0.3, -0.25) is 14.4 Å². The molecule has 1 aromatic heterocycles. The lowest BCUT2D eigenvalue weighted by molar-refractivity contribution is -0.153. The summed E-state index contributed by atoms with van der Waals surface area (Å²) in [6, 6.07) is 12.3. The third kappa shape index (κ3) is 9.01. The number of ketones is 1. The molecule has 0 aliphatic rings. The molecule has 242 valence electrons. The lowest BCUT2D eigenvalue weighted by Crippen LogP contribution is -2.28. The van der Waals surface area contributed by atoms with Crippen molar-refractivity contribution in [2.24, 2.45) is 5.92 Å². The molecule has 0 unspecified atom stereocenters. The van der Waals surface area contributed by atoms with Crippen molar-refractivity contribution in [3.05, 3.63) is 65.5 Å². The maximum atomic E-state index is 13.4. The average Bonchev–Trinajstić information content (AvgIpc) is 3.03. The van der Waals surface area contributed by atoms with Crippen molar-refractivity contribution in [2.75, 3.05) is 42.3 Å². The summed E-state index contributed by atoms with van der Waals surface area (Å²) in [4.78, 5) is 42.1. The van der Waals surface area contributed by atoms with Gasteiger partial charge in [-0.25, -0.2) is 4.98 Å². The predicted molar refractivity (Wildman–Crippen MR) is 163 cm³/mol. The summed E-state index contributed by atoms with van der Waals surface area (Å²) in [7, 11) is 7.60. The second-order valence-electron chi connectivity index (χ2n) is 10.0. The minimum absolute atomic E-state index is 0.000746. The fraction of sp³-hybridized carbons (Fsp3) is 0.394. The van der Waals surface area contributed by atoms with Crippen LogP contribution in [0.3, 0.4) is 0 Å². The molecule has 12 heteroatoms. The number of methoxy groups -OCH3 is 5. The first-order chi connectivity index (χ1) is 21.5. The van der Waals surface area contributed by atoms with E-state index in [2.05, 4.69) is 4.98 Å². The standard InChI is InChI=1S/C33H39NO11/c1-19(11-28(36)31-32(44-18-43-21(3)35)29(42-8)9-10-34-31)33(37)45-20(2)30(22-12-24(38-4)16-25(13-22)39-5)23-14-26(40-6)17-27(15-23)41-7/h9-10,12-17,19-20,30H,11,18H2,1-8H3/t19-,20+/m1/s1. The highest BCUT2D eigenvalue weighted by molar-refractivity contribution is 5.99. The van der Waals surface area contributed by atoms with E-state index in [1.54, 1.807) is 54.4 Å². The topological polar surface area (TPSA) is 138 Å². The Balaban J connectivity index is 1.90.